The van der Waals surface area contributed by atoms with Gasteiger partial charge in [0, 0.05) is 12.6 Å². The number of hydrogen-bond donors (Lipinski definition) is 2. The van der Waals surface area contributed by atoms with Gasteiger partial charge in [0.2, 0.25) is 5.91 Å². The first-order valence-corrected chi connectivity index (χ1v) is 8.09. The van der Waals surface area contributed by atoms with E-state index < -0.39 is 0 Å². The topological polar surface area (TPSA) is 41.1 Å². The van der Waals surface area contributed by atoms with Crippen molar-refractivity contribution in [3.63, 3.8) is 0 Å². The quantitative estimate of drug-likeness (QED) is 0.697. The normalized spacial score (nSPS) is 19.2. The van der Waals surface area contributed by atoms with Gasteiger partial charge < -0.3 is 10.6 Å². The van der Waals surface area contributed by atoms with Crippen LogP contribution in [0.3, 0.4) is 0 Å². The summed E-state index contributed by atoms with van der Waals surface area (Å²) in [6, 6.07) is 0.467. The van der Waals surface area contributed by atoms with E-state index in [1.165, 1.54) is 38.5 Å². The third-order valence-electron chi connectivity index (χ3n) is 4.24. The number of carbonyl (C=O) groups is 1. The third-order valence-corrected chi connectivity index (χ3v) is 4.24. The average Bonchev–Trinajstić information content (AvgIpc) is 2.64. The molecule has 19 heavy (non-hydrogen) atoms. The standard InChI is InChI=1S/C16H32N2O/c1-13(2)10-11-17-16(19)12-18-14(3)15-8-6-4-5-7-9-15/h13-15,18H,4-12H2,1-3H3,(H,17,19)/t14-/m1/s1. The van der Waals surface area contributed by atoms with Gasteiger partial charge in [0.25, 0.3) is 0 Å². The summed E-state index contributed by atoms with van der Waals surface area (Å²) in [5, 5.41) is 6.39. The lowest BCUT2D eigenvalue weighted by atomic mass is 9.93. The van der Waals surface area contributed by atoms with Crippen LogP contribution in [-0.2, 0) is 4.79 Å². The second kappa shape index (κ2) is 9.35. The van der Waals surface area contributed by atoms with Crippen molar-refractivity contribution >= 4 is 5.91 Å². The van der Waals surface area contributed by atoms with E-state index in [4.69, 9.17) is 0 Å². The van der Waals surface area contributed by atoms with Gasteiger partial charge in [-0.2, -0.15) is 0 Å². The molecule has 0 bridgehead atoms. The summed E-state index contributed by atoms with van der Waals surface area (Å²) < 4.78 is 0. The van der Waals surface area contributed by atoms with Gasteiger partial charge in [-0.25, -0.2) is 0 Å². The van der Waals surface area contributed by atoms with Gasteiger partial charge in [0.05, 0.1) is 6.54 Å². The molecule has 2 N–H and O–H groups in total. The maximum absolute atomic E-state index is 11.7. The molecule has 1 rings (SSSR count). The van der Waals surface area contributed by atoms with Crippen molar-refractivity contribution in [2.24, 2.45) is 11.8 Å². The van der Waals surface area contributed by atoms with E-state index in [0.717, 1.165) is 18.9 Å². The first kappa shape index (κ1) is 16.5. The fourth-order valence-electron chi connectivity index (χ4n) is 2.79. The smallest absolute Gasteiger partial charge is 0.233 e. The van der Waals surface area contributed by atoms with Crippen molar-refractivity contribution < 1.29 is 4.79 Å². The molecule has 0 unspecified atom stereocenters. The van der Waals surface area contributed by atoms with Crippen LogP contribution in [0.15, 0.2) is 0 Å². The molecule has 0 aromatic rings. The first-order chi connectivity index (χ1) is 9.09. The summed E-state index contributed by atoms with van der Waals surface area (Å²) in [7, 11) is 0. The van der Waals surface area contributed by atoms with Crippen LogP contribution in [0.5, 0.6) is 0 Å². The molecular formula is C16H32N2O. The molecule has 1 saturated carbocycles. The summed E-state index contributed by atoms with van der Waals surface area (Å²) >= 11 is 0. The highest BCUT2D eigenvalue weighted by atomic mass is 16.1. The Kier molecular flexibility index (Phi) is 8.11. The zero-order valence-corrected chi connectivity index (χ0v) is 13.0. The Morgan fingerprint density at radius 2 is 1.74 bits per heavy atom. The lowest BCUT2D eigenvalue weighted by Gasteiger charge is -2.23. The highest BCUT2D eigenvalue weighted by Gasteiger charge is 2.19. The Morgan fingerprint density at radius 3 is 2.32 bits per heavy atom. The van der Waals surface area contributed by atoms with Crippen molar-refractivity contribution in [2.45, 2.75) is 71.8 Å². The minimum Gasteiger partial charge on any atom is -0.355 e. The molecule has 112 valence electrons. The molecule has 1 aliphatic rings. The molecule has 1 fully saturated rings. The number of rotatable bonds is 7. The fraction of sp³-hybridized carbons (Fsp3) is 0.938. The Hall–Kier alpha value is -0.570. The highest BCUT2D eigenvalue weighted by molar-refractivity contribution is 5.77. The van der Waals surface area contributed by atoms with Crippen LogP contribution in [0.2, 0.25) is 0 Å². The molecule has 1 amide bonds. The summed E-state index contributed by atoms with van der Waals surface area (Å²) in [4.78, 5) is 11.7. The van der Waals surface area contributed by atoms with Crippen LogP contribution in [-0.4, -0.2) is 25.0 Å². The zero-order valence-electron chi connectivity index (χ0n) is 13.0. The van der Waals surface area contributed by atoms with Crippen molar-refractivity contribution in [3.8, 4) is 0 Å². The molecule has 0 aliphatic heterocycles. The SMILES string of the molecule is CC(C)CCNC(=O)CN[C@H](C)C1CCCCCC1. The molecule has 0 saturated heterocycles. The summed E-state index contributed by atoms with van der Waals surface area (Å²) in [6.07, 6.45) is 9.20. The number of nitrogens with one attached hydrogen (secondary N) is 2. The van der Waals surface area contributed by atoms with E-state index in [-0.39, 0.29) is 5.91 Å². The Balaban J connectivity index is 2.14. The molecule has 0 radical (unpaired) electrons. The van der Waals surface area contributed by atoms with E-state index >= 15 is 0 Å². The molecule has 0 aromatic carbocycles. The summed E-state index contributed by atoms with van der Waals surface area (Å²) in [6.45, 7) is 7.86. The predicted octanol–water partition coefficient (Wildman–Crippen LogP) is 3.10. The third kappa shape index (κ3) is 7.56. The van der Waals surface area contributed by atoms with Gasteiger partial charge in [0.15, 0.2) is 0 Å². The van der Waals surface area contributed by atoms with Crippen molar-refractivity contribution in [2.75, 3.05) is 13.1 Å². The van der Waals surface area contributed by atoms with Crippen LogP contribution in [0.1, 0.15) is 65.7 Å². The van der Waals surface area contributed by atoms with Gasteiger partial charge in [-0.3, -0.25) is 4.79 Å². The van der Waals surface area contributed by atoms with Gasteiger partial charge in [-0.05, 0) is 38.0 Å². The predicted molar refractivity (Wildman–Crippen MR) is 81.1 cm³/mol. The molecule has 3 nitrogen and oxygen atoms in total. The number of amides is 1. The number of carbonyl (C=O) groups excluding carboxylic acids is 1. The Morgan fingerprint density at radius 1 is 1.11 bits per heavy atom. The van der Waals surface area contributed by atoms with Gasteiger partial charge in [-0.1, -0.05) is 39.5 Å². The largest absolute Gasteiger partial charge is 0.355 e. The van der Waals surface area contributed by atoms with Crippen molar-refractivity contribution in [3.05, 3.63) is 0 Å². The second-order valence-electron chi connectivity index (χ2n) is 6.45. The molecular weight excluding hydrogens is 236 g/mol. The van der Waals surface area contributed by atoms with Crippen LogP contribution < -0.4 is 10.6 Å². The lowest BCUT2D eigenvalue weighted by Crippen LogP contribution is -2.41. The Bertz CT molecular complexity index is 245. The van der Waals surface area contributed by atoms with Crippen LogP contribution >= 0.6 is 0 Å². The molecule has 1 aliphatic carbocycles. The molecule has 3 heteroatoms. The van der Waals surface area contributed by atoms with Crippen LogP contribution in [0.4, 0.5) is 0 Å². The van der Waals surface area contributed by atoms with Crippen LogP contribution in [0, 0.1) is 11.8 Å². The van der Waals surface area contributed by atoms with Gasteiger partial charge >= 0.3 is 0 Å². The fourth-order valence-corrected chi connectivity index (χ4v) is 2.79. The molecule has 0 heterocycles. The van der Waals surface area contributed by atoms with Gasteiger partial charge in [0.1, 0.15) is 0 Å². The van der Waals surface area contributed by atoms with Gasteiger partial charge in [-0.15, -0.1) is 0 Å². The molecule has 0 aromatic heterocycles. The minimum absolute atomic E-state index is 0.140. The highest BCUT2D eigenvalue weighted by Crippen LogP contribution is 2.25. The average molecular weight is 268 g/mol. The van der Waals surface area contributed by atoms with Crippen molar-refractivity contribution in [1.29, 1.82) is 0 Å². The first-order valence-electron chi connectivity index (χ1n) is 8.09. The maximum atomic E-state index is 11.7. The maximum Gasteiger partial charge on any atom is 0.233 e. The van der Waals surface area contributed by atoms with Crippen LogP contribution in [0.25, 0.3) is 0 Å². The number of hydrogen-bond acceptors (Lipinski definition) is 2. The second-order valence-corrected chi connectivity index (χ2v) is 6.45. The minimum atomic E-state index is 0.140. The van der Waals surface area contributed by atoms with E-state index in [1.807, 2.05) is 0 Å². The van der Waals surface area contributed by atoms with E-state index in [9.17, 15) is 4.79 Å². The van der Waals surface area contributed by atoms with E-state index in [1.54, 1.807) is 0 Å². The zero-order chi connectivity index (χ0) is 14.1. The molecule has 0 spiro atoms. The van der Waals surface area contributed by atoms with E-state index in [2.05, 4.69) is 31.4 Å². The summed E-state index contributed by atoms with van der Waals surface area (Å²) in [5.41, 5.74) is 0. The lowest BCUT2D eigenvalue weighted by molar-refractivity contribution is -0.120. The Labute approximate surface area is 118 Å². The summed E-state index contributed by atoms with van der Waals surface area (Å²) in [5.74, 6) is 1.55. The van der Waals surface area contributed by atoms with Crippen molar-refractivity contribution in [1.82, 2.24) is 10.6 Å². The molecule has 1 atom stereocenters. The van der Waals surface area contributed by atoms with E-state index in [0.29, 0.717) is 18.5 Å². The monoisotopic (exact) mass is 268 g/mol.